The van der Waals surface area contributed by atoms with E-state index in [0.29, 0.717) is 31.6 Å². The van der Waals surface area contributed by atoms with Crippen molar-refractivity contribution in [2.75, 3.05) is 18.4 Å². The molecular formula is C23H27N5O3S. The fraction of sp³-hybridized carbons (Fsp3) is 0.348. The number of fused-ring (bicyclic) bond motifs is 1. The molecule has 0 spiro atoms. The monoisotopic (exact) mass is 453 g/mol. The molecule has 4 rings (SSSR count). The number of hydrogen-bond donors (Lipinski definition) is 1. The van der Waals surface area contributed by atoms with Gasteiger partial charge < -0.3 is 5.32 Å². The fourth-order valence-corrected chi connectivity index (χ4v) is 5.04. The Morgan fingerprint density at radius 3 is 2.56 bits per heavy atom. The Kier molecular flexibility index (Phi) is 6.38. The molecule has 1 aromatic carbocycles. The third kappa shape index (κ3) is 4.89. The molecule has 0 unspecified atom stereocenters. The van der Waals surface area contributed by atoms with Gasteiger partial charge in [-0.25, -0.2) is 18.1 Å². The van der Waals surface area contributed by atoms with E-state index in [1.165, 1.54) is 9.71 Å². The van der Waals surface area contributed by atoms with Crippen LogP contribution < -0.4 is 5.32 Å². The van der Waals surface area contributed by atoms with Gasteiger partial charge in [-0.05, 0) is 44.4 Å². The van der Waals surface area contributed by atoms with Gasteiger partial charge in [-0.2, -0.15) is 9.40 Å². The summed E-state index contributed by atoms with van der Waals surface area (Å²) in [7, 11) is -3.52. The first-order valence-corrected chi connectivity index (χ1v) is 12.2. The summed E-state index contributed by atoms with van der Waals surface area (Å²) in [5, 5.41) is 9.37. The van der Waals surface area contributed by atoms with E-state index in [1.807, 2.05) is 54.9 Å². The molecule has 1 saturated heterocycles. The minimum Gasteiger partial charge on any atom is -0.324 e. The van der Waals surface area contributed by atoms with Gasteiger partial charge in [0.05, 0.1) is 18.1 Å². The van der Waals surface area contributed by atoms with E-state index in [1.54, 1.807) is 18.5 Å². The van der Waals surface area contributed by atoms with Crippen LogP contribution in [0.5, 0.6) is 0 Å². The molecule has 0 aliphatic carbocycles. The first kappa shape index (κ1) is 22.2. The zero-order valence-electron chi connectivity index (χ0n) is 18.2. The van der Waals surface area contributed by atoms with E-state index in [9.17, 15) is 13.2 Å². The molecule has 1 amide bonds. The maximum Gasteiger partial charge on any atom is 0.236 e. The molecule has 1 aliphatic rings. The van der Waals surface area contributed by atoms with E-state index in [4.69, 9.17) is 0 Å². The van der Waals surface area contributed by atoms with Crippen molar-refractivity contribution in [3.05, 3.63) is 59.8 Å². The van der Waals surface area contributed by atoms with Gasteiger partial charge in [-0.1, -0.05) is 30.3 Å². The second-order valence-corrected chi connectivity index (χ2v) is 10.1. The van der Waals surface area contributed by atoms with Crippen LogP contribution in [0.3, 0.4) is 0 Å². The van der Waals surface area contributed by atoms with Crippen molar-refractivity contribution in [2.24, 2.45) is 5.92 Å². The van der Waals surface area contributed by atoms with Crippen LogP contribution in [-0.2, 0) is 14.8 Å². The van der Waals surface area contributed by atoms with Crippen molar-refractivity contribution in [3.63, 3.8) is 0 Å². The highest BCUT2D eigenvalue weighted by molar-refractivity contribution is 7.92. The van der Waals surface area contributed by atoms with Crippen LogP contribution in [0, 0.1) is 5.92 Å². The molecule has 0 atom stereocenters. The van der Waals surface area contributed by atoms with Gasteiger partial charge in [0.15, 0.2) is 5.65 Å². The number of hydrogen-bond acceptors (Lipinski definition) is 5. The van der Waals surface area contributed by atoms with E-state index in [2.05, 4.69) is 15.4 Å². The highest BCUT2D eigenvalue weighted by atomic mass is 32.2. The summed E-state index contributed by atoms with van der Waals surface area (Å²) < 4.78 is 28.5. The predicted octanol–water partition coefficient (Wildman–Crippen LogP) is 3.66. The number of amides is 1. The Morgan fingerprint density at radius 1 is 1.16 bits per heavy atom. The number of anilines is 1. The van der Waals surface area contributed by atoms with Crippen LogP contribution in [-0.4, -0.2) is 46.5 Å². The van der Waals surface area contributed by atoms with E-state index in [0.717, 1.165) is 16.6 Å². The van der Waals surface area contributed by atoms with E-state index in [-0.39, 0.29) is 17.9 Å². The normalized spacial score (nSPS) is 16.2. The smallest absolute Gasteiger partial charge is 0.236 e. The number of pyridine rings is 1. The zero-order chi connectivity index (χ0) is 22.7. The summed E-state index contributed by atoms with van der Waals surface area (Å²) in [6, 6.07) is 11.4. The molecule has 3 aromatic rings. The third-order valence-corrected chi connectivity index (χ3v) is 7.17. The lowest BCUT2D eigenvalue weighted by Crippen LogP contribution is -2.40. The number of carbonyl (C=O) groups excluding carboxylic acids is 1. The Hall–Kier alpha value is -3.04. The Labute approximate surface area is 188 Å². The number of aromatic nitrogens is 3. The molecule has 1 aliphatic heterocycles. The largest absolute Gasteiger partial charge is 0.324 e. The number of nitrogens with zero attached hydrogens (tertiary/aromatic N) is 4. The van der Waals surface area contributed by atoms with Crippen LogP contribution in [0.4, 0.5) is 5.69 Å². The zero-order valence-corrected chi connectivity index (χ0v) is 19.0. The van der Waals surface area contributed by atoms with Gasteiger partial charge >= 0.3 is 0 Å². The lowest BCUT2D eigenvalue weighted by Gasteiger charge is -2.29. The van der Waals surface area contributed by atoms with Crippen molar-refractivity contribution in [2.45, 2.75) is 32.7 Å². The standard InChI is InChI=1S/C23H27N5O3S/c1-17(2)28-22-20(15-25-28)14-21(16-24-22)26-23(29)19-8-11-27(12-9-19)32(30,31)13-10-18-6-4-3-5-7-18/h3-7,10,13-17,19H,8-9,11-12H2,1-2H3,(H,26,29)/b13-10+. The summed E-state index contributed by atoms with van der Waals surface area (Å²) in [6.45, 7) is 4.71. The molecule has 2 aromatic heterocycles. The SMILES string of the molecule is CC(C)n1ncc2cc(NC(=O)C3CCN(S(=O)(=O)/C=C/c4ccccc4)CC3)cnc21. The lowest BCUT2D eigenvalue weighted by atomic mass is 9.97. The maximum absolute atomic E-state index is 12.7. The van der Waals surface area contributed by atoms with Crippen LogP contribution in [0.25, 0.3) is 17.1 Å². The average molecular weight is 454 g/mol. The fourth-order valence-electron chi connectivity index (χ4n) is 3.82. The van der Waals surface area contributed by atoms with E-state index < -0.39 is 10.0 Å². The van der Waals surface area contributed by atoms with E-state index >= 15 is 0 Å². The minimum atomic E-state index is -3.52. The van der Waals surface area contributed by atoms with Gasteiger partial charge in [0.1, 0.15) is 0 Å². The van der Waals surface area contributed by atoms with Crippen LogP contribution in [0.15, 0.2) is 54.2 Å². The molecule has 8 nitrogen and oxygen atoms in total. The lowest BCUT2D eigenvalue weighted by molar-refractivity contribution is -0.120. The molecule has 0 bridgehead atoms. The predicted molar refractivity (Wildman–Crippen MR) is 125 cm³/mol. The molecule has 0 radical (unpaired) electrons. The minimum absolute atomic E-state index is 0.112. The van der Waals surface area contributed by atoms with Crippen molar-refractivity contribution in [1.82, 2.24) is 19.1 Å². The number of rotatable bonds is 6. The number of carbonyl (C=O) groups is 1. The summed E-state index contributed by atoms with van der Waals surface area (Å²) >= 11 is 0. The second kappa shape index (κ2) is 9.22. The summed E-state index contributed by atoms with van der Waals surface area (Å²) in [4.78, 5) is 17.2. The molecule has 9 heteroatoms. The number of piperidine rings is 1. The average Bonchev–Trinajstić information content (AvgIpc) is 3.22. The number of sulfonamides is 1. The summed E-state index contributed by atoms with van der Waals surface area (Å²) in [5.41, 5.74) is 2.22. The number of benzene rings is 1. The van der Waals surface area contributed by atoms with Crippen LogP contribution >= 0.6 is 0 Å². The first-order valence-electron chi connectivity index (χ1n) is 10.7. The molecule has 32 heavy (non-hydrogen) atoms. The quantitative estimate of drug-likeness (QED) is 0.614. The molecule has 0 saturated carbocycles. The topological polar surface area (TPSA) is 97.2 Å². The Bertz CT molecular complexity index is 1230. The first-order chi connectivity index (χ1) is 15.3. The van der Waals surface area contributed by atoms with Gasteiger partial charge in [0, 0.05) is 35.8 Å². The molecular weight excluding hydrogens is 426 g/mol. The number of nitrogens with one attached hydrogen (secondary N) is 1. The third-order valence-electron chi connectivity index (χ3n) is 5.61. The van der Waals surface area contributed by atoms with Gasteiger partial charge in [-0.15, -0.1) is 0 Å². The molecule has 1 fully saturated rings. The Morgan fingerprint density at radius 2 is 1.88 bits per heavy atom. The van der Waals surface area contributed by atoms with Gasteiger partial charge in [0.25, 0.3) is 0 Å². The molecule has 168 valence electrons. The molecule has 1 N–H and O–H groups in total. The summed E-state index contributed by atoms with van der Waals surface area (Å²) in [5.74, 6) is -0.354. The van der Waals surface area contributed by atoms with Crippen molar-refractivity contribution in [1.29, 1.82) is 0 Å². The summed E-state index contributed by atoms with van der Waals surface area (Å²) in [6.07, 6.45) is 5.92. The van der Waals surface area contributed by atoms with Crippen LogP contribution in [0.2, 0.25) is 0 Å². The second-order valence-electron chi connectivity index (χ2n) is 8.24. The van der Waals surface area contributed by atoms with Crippen molar-refractivity contribution >= 4 is 38.7 Å². The highest BCUT2D eigenvalue weighted by Gasteiger charge is 2.30. The van der Waals surface area contributed by atoms with Gasteiger partial charge in [0.2, 0.25) is 15.9 Å². The maximum atomic E-state index is 12.7. The molecule has 3 heterocycles. The van der Waals surface area contributed by atoms with Gasteiger partial charge in [-0.3, -0.25) is 4.79 Å². The van der Waals surface area contributed by atoms with Crippen molar-refractivity contribution < 1.29 is 13.2 Å². The highest BCUT2D eigenvalue weighted by Crippen LogP contribution is 2.24. The van der Waals surface area contributed by atoms with Crippen LogP contribution in [0.1, 0.15) is 38.3 Å². The van der Waals surface area contributed by atoms with Crippen molar-refractivity contribution in [3.8, 4) is 0 Å². The Balaban J connectivity index is 1.35.